The van der Waals surface area contributed by atoms with Crippen molar-refractivity contribution in [3.8, 4) is 0 Å². The minimum Gasteiger partial charge on any atom is -0.456 e. The van der Waals surface area contributed by atoms with Crippen LogP contribution < -0.4 is 0 Å². The van der Waals surface area contributed by atoms with Gasteiger partial charge in [0.1, 0.15) is 16.1 Å². The molecule has 0 radical (unpaired) electrons. The minimum absolute atomic E-state index is 0.226. The molecule has 5 aromatic rings. The van der Waals surface area contributed by atoms with Crippen LogP contribution in [-0.2, 0) is 20.2 Å². The van der Waals surface area contributed by atoms with E-state index in [4.69, 9.17) is 4.42 Å². The van der Waals surface area contributed by atoms with E-state index in [0.717, 1.165) is 0 Å². The average Bonchev–Trinajstić information content (AvgIpc) is 3.04. The molecule has 0 spiro atoms. The molecule has 0 aliphatic rings. The van der Waals surface area contributed by atoms with E-state index in [-0.39, 0.29) is 15.4 Å². The van der Waals surface area contributed by atoms with Gasteiger partial charge in [-0.1, -0.05) is 36.4 Å². The van der Waals surface area contributed by atoms with Gasteiger partial charge in [-0.3, -0.25) is 9.11 Å². The van der Waals surface area contributed by atoms with Crippen LogP contribution in [0.5, 0.6) is 0 Å². The number of fused-ring (bicyclic) bond motifs is 7. The highest BCUT2D eigenvalue weighted by molar-refractivity contribution is 7.86. The van der Waals surface area contributed by atoms with Crippen LogP contribution in [0.3, 0.4) is 0 Å². The van der Waals surface area contributed by atoms with E-state index in [1.54, 1.807) is 42.5 Å². The van der Waals surface area contributed by atoms with Crippen LogP contribution in [0.1, 0.15) is 0 Å². The topological polar surface area (TPSA) is 122 Å². The molecule has 0 saturated heterocycles. The number of benzene rings is 4. The highest BCUT2D eigenvalue weighted by Gasteiger charge is 2.21. The van der Waals surface area contributed by atoms with Crippen molar-refractivity contribution in [2.45, 2.75) is 9.79 Å². The summed E-state index contributed by atoms with van der Waals surface area (Å²) in [7, 11) is -8.83. The van der Waals surface area contributed by atoms with Gasteiger partial charge < -0.3 is 4.42 Å². The van der Waals surface area contributed by atoms with Crippen molar-refractivity contribution >= 4 is 63.7 Å². The van der Waals surface area contributed by atoms with Crippen LogP contribution in [0.4, 0.5) is 0 Å². The van der Waals surface area contributed by atoms with Gasteiger partial charge in [0.25, 0.3) is 20.2 Å². The third-order valence-corrected chi connectivity index (χ3v) is 6.71. The Morgan fingerprint density at radius 3 is 2.03 bits per heavy atom. The number of rotatable bonds is 2. The number of hydrogen-bond acceptors (Lipinski definition) is 5. The third-order valence-electron chi connectivity index (χ3n) is 4.97. The fraction of sp³-hybridized carbons (Fsp3) is 0. The summed E-state index contributed by atoms with van der Waals surface area (Å²) in [5.41, 5.74) is 0.752. The molecule has 7 nitrogen and oxygen atoms in total. The number of hydrogen-bond donors (Lipinski definition) is 2. The molecule has 146 valence electrons. The molecule has 0 amide bonds. The van der Waals surface area contributed by atoms with E-state index in [0.29, 0.717) is 37.9 Å². The van der Waals surface area contributed by atoms with Gasteiger partial charge in [0, 0.05) is 22.2 Å². The first-order chi connectivity index (χ1) is 13.6. The summed E-state index contributed by atoms with van der Waals surface area (Å²) in [6.07, 6.45) is 0. The molecule has 29 heavy (non-hydrogen) atoms. The molecule has 0 atom stereocenters. The van der Waals surface area contributed by atoms with Crippen LogP contribution >= 0.6 is 0 Å². The Kier molecular flexibility index (Phi) is 3.60. The van der Waals surface area contributed by atoms with Crippen LogP contribution in [0.25, 0.3) is 43.5 Å². The van der Waals surface area contributed by atoms with E-state index in [1.807, 2.05) is 0 Å². The summed E-state index contributed by atoms with van der Waals surface area (Å²) >= 11 is 0. The van der Waals surface area contributed by atoms with Gasteiger partial charge in [0.2, 0.25) is 0 Å². The molecule has 9 heteroatoms. The predicted octanol–water partition coefficient (Wildman–Crippen LogP) is 4.39. The first-order valence-electron chi connectivity index (χ1n) is 8.40. The summed E-state index contributed by atoms with van der Waals surface area (Å²) in [4.78, 5) is -0.478. The van der Waals surface area contributed by atoms with E-state index in [2.05, 4.69) is 0 Å². The molecule has 0 saturated carbocycles. The molecule has 4 aromatic carbocycles. The van der Waals surface area contributed by atoms with E-state index in [9.17, 15) is 25.9 Å². The monoisotopic (exact) mass is 428 g/mol. The molecule has 2 N–H and O–H groups in total. The van der Waals surface area contributed by atoms with Crippen LogP contribution in [-0.4, -0.2) is 25.9 Å². The van der Waals surface area contributed by atoms with E-state index in [1.165, 1.54) is 18.2 Å². The van der Waals surface area contributed by atoms with Gasteiger partial charge in [0.15, 0.2) is 0 Å². The lowest BCUT2D eigenvalue weighted by Gasteiger charge is -2.06. The number of furan rings is 1. The smallest absolute Gasteiger partial charge is 0.295 e. The molecule has 0 fully saturated rings. The maximum Gasteiger partial charge on any atom is 0.295 e. The van der Waals surface area contributed by atoms with Gasteiger partial charge in [-0.15, -0.1) is 0 Å². The van der Waals surface area contributed by atoms with Crippen molar-refractivity contribution < 1.29 is 30.4 Å². The lowest BCUT2D eigenvalue weighted by atomic mass is 10.00. The Bertz CT molecular complexity index is 1700. The maximum absolute atomic E-state index is 11.9. The van der Waals surface area contributed by atoms with Crippen molar-refractivity contribution in [1.29, 1.82) is 0 Å². The summed E-state index contributed by atoms with van der Waals surface area (Å²) in [6.45, 7) is 0. The first kappa shape index (κ1) is 18.1. The van der Waals surface area contributed by atoms with Crippen molar-refractivity contribution in [2.24, 2.45) is 0 Å². The fourth-order valence-corrected chi connectivity index (χ4v) is 5.01. The molecular weight excluding hydrogens is 416 g/mol. The minimum atomic E-state index is -4.48. The Morgan fingerprint density at radius 2 is 1.34 bits per heavy atom. The predicted molar refractivity (Wildman–Crippen MR) is 108 cm³/mol. The molecule has 0 aliphatic heterocycles. The van der Waals surface area contributed by atoms with Gasteiger partial charge in [-0.05, 0) is 34.4 Å². The highest BCUT2D eigenvalue weighted by atomic mass is 32.2. The van der Waals surface area contributed by atoms with Crippen molar-refractivity contribution in [3.63, 3.8) is 0 Å². The molecule has 0 bridgehead atoms. The summed E-state index contributed by atoms with van der Waals surface area (Å²) in [5, 5.41) is 3.49. The van der Waals surface area contributed by atoms with Crippen molar-refractivity contribution in [3.05, 3.63) is 60.7 Å². The highest BCUT2D eigenvalue weighted by Crippen LogP contribution is 2.41. The summed E-state index contributed by atoms with van der Waals surface area (Å²) in [6, 6.07) is 15.5. The van der Waals surface area contributed by atoms with Crippen LogP contribution in [0.2, 0.25) is 0 Å². The Balaban J connectivity index is 2.03. The largest absolute Gasteiger partial charge is 0.456 e. The second kappa shape index (κ2) is 5.77. The lowest BCUT2D eigenvalue weighted by molar-refractivity contribution is 0.481. The van der Waals surface area contributed by atoms with Gasteiger partial charge in [0.05, 0.1) is 4.90 Å². The lowest BCUT2D eigenvalue weighted by Crippen LogP contribution is -1.99. The zero-order valence-electron chi connectivity index (χ0n) is 14.5. The maximum atomic E-state index is 11.9. The molecule has 1 heterocycles. The molecule has 5 rings (SSSR count). The fourth-order valence-electron chi connectivity index (χ4n) is 3.78. The van der Waals surface area contributed by atoms with Crippen molar-refractivity contribution in [2.75, 3.05) is 0 Å². The standard InChI is InChI=1S/C20H12O7S2/c21-28(22,23)12-6-7-13-11(9-12)5-8-16-19(13)20-15-4-2-1-3-14(15)18(29(24,25)26)10-17(20)27-16/h1-10H,(H,21,22,23)(H,24,25,26). The second-order valence-corrected chi connectivity index (χ2v) is 9.48. The van der Waals surface area contributed by atoms with Gasteiger partial charge in [-0.25, -0.2) is 0 Å². The molecular formula is C20H12O7S2. The quantitative estimate of drug-likeness (QED) is 0.400. The van der Waals surface area contributed by atoms with E-state index < -0.39 is 20.2 Å². The van der Waals surface area contributed by atoms with Crippen LogP contribution in [0, 0.1) is 0 Å². The van der Waals surface area contributed by atoms with Gasteiger partial charge in [-0.2, -0.15) is 16.8 Å². The van der Waals surface area contributed by atoms with E-state index >= 15 is 0 Å². The summed E-state index contributed by atoms with van der Waals surface area (Å²) in [5.74, 6) is 0. The normalized spacial score (nSPS) is 13.0. The zero-order valence-corrected chi connectivity index (χ0v) is 16.2. The third kappa shape index (κ3) is 2.70. The van der Waals surface area contributed by atoms with Crippen LogP contribution in [0.15, 0.2) is 74.9 Å². The zero-order chi connectivity index (χ0) is 20.6. The molecule has 0 aliphatic carbocycles. The van der Waals surface area contributed by atoms with Crippen molar-refractivity contribution in [1.82, 2.24) is 0 Å². The molecule has 1 aromatic heterocycles. The SMILES string of the molecule is O=S(=O)(O)c1ccc2c(ccc3oc4cc(S(=O)(=O)O)c5ccccc5c4c32)c1. The molecule has 0 unspecified atom stereocenters. The Morgan fingerprint density at radius 1 is 0.655 bits per heavy atom. The van der Waals surface area contributed by atoms with Gasteiger partial charge >= 0.3 is 0 Å². The Hall–Kier alpha value is -2.98. The summed E-state index contributed by atoms with van der Waals surface area (Å²) < 4.78 is 71.5. The second-order valence-electron chi connectivity index (χ2n) is 6.67. The average molecular weight is 428 g/mol. The Labute approximate surface area is 164 Å². The first-order valence-corrected chi connectivity index (χ1v) is 11.3.